The van der Waals surface area contributed by atoms with E-state index in [9.17, 15) is 9.90 Å². The van der Waals surface area contributed by atoms with Gasteiger partial charge in [0.25, 0.3) is 0 Å². The van der Waals surface area contributed by atoms with Crippen LogP contribution in [0.4, 0.5) is 5.69 Å². The molecular weight excluding hydrogens is 474 g/mol. The molecule has 36 heavy (non-hydrogen) atoms. The Morgan fingerprint density at radius 2 is 1.86 bits per heavy atom. The number of methoxy groups -OCH3 is 1. The van der Waals surface area contributed by atoms with Gasteiger partial charge in [0.05, 0.1) is 31.3 Å². The first-order chi connectivity index (χ1) is 17.3. The number of nitrogens with zero attached hydrogens (tertiary/aromatic N) is 1. The van der Waals surface area contributed by atoms with Gasteiger partial charge in [0.1, 0.15) is 0 Å². The van der Waals surface area contributed by atoms with Crippen LogP contribution in [0, 0.1) is 0 Å². The normalized spacial score (nSPS) is 20.8. The van der Waals surface area contributed by atoms with E-state index in [2.05, 4.69) is 0 Å². The summed E-state index contributed by atoms with van der Waals surface area (Å²) in [6.07, 6.45) is 11.3. The van der Waals surface area contributed by atoms with Crippen LogP contribution in [-0.2, 0) is 16.8 Å². The highest BCUT2D eigenvalue weighted by Crippen LogP contribution is 2.46. The molecule has 1 aliphatic heterocycles. The Morgan fingerprint density at radius 1 is 1.11 bits per heavy atom. The van der Waals surface area contributed by atoms with Crippen molar-refractivity contribution < 1.29 is 19.4 Å². The largest absolute Gasteiger partial charge is 0.493 e. The van der Waals surface area contributed by atoms with Crippen LogP contribution in [0.25, 0.3) is 0 Å². The minimum atomic E-state index is -0.744. The molecule has 2 aliphatic carbocycles. The summed E-state index contributed by atoms with van der Waals surface area (Å²) >= 11 is 6.30. The maximum Gasteiger partial charge on any atom is 0.232 e. The zero-order valence-corrected chi connectivity index (χ0v) is 21.7. The summed E-state index contributed by atoms with van der Waals surface area (Å²) in [7, 11) is 1.62. The van der Waals surface area contributed by atoms with E-state index in [4.69, 9.17) is 21.1 Å². The van der Waals surface area contributed by atoms with E-state index in [1.54, 1.807) is 7.11 Å². The zero-order chi connectivity index (χ0) is 25.4. The predicted molar refractivity (Wildman–Crippen MR) is 143 cm³/mol. The Bertz CT molecular complexity index is 1250. The third-order valence-electron chi connectivity index (χ3n) is 7.25. The molecule has 1 amide bonds. The van der Waals surface area contributed by atoms with Crippen molar-refractivity contribution in [2.24, 2.45) is 0 Å². The molecule has 1 heterocycles. The molecular formula is C30H32ClNO4. The molecule has 2 aromatic rings. The fourth-order valence-electron chi connectivity index (χ4n) is 5.27. The average molecular weight is 506 g/mol. The monoisotopic (exact) mass is 505 g/mol. The summed E-state index contributed by atoms with van der Waals surface area (Å²) in [6.45, 7) is 3.96. The number of allylic oxidation sites excluding steroid dienone is 5. The van der Waals surface area contributed by atoms with Crippen LogP contribution in [0.2, 0.25) is 0 Å². The lowest BCUT2D eigenvalue weighted by Crippen LogP contribution is -2.41. The summed E-state index contributed by atoms with van der Waals surface area (Å²) in [6, 6.07) is 11.4. The highest BCUT2D eigenvalue weighted by atomic mass is 35.5. The van der Waals surface area contributed by atoms with Crippen LogP contribution in [-0.4, -0.2) is 24.2 Å². The molecule has 5 rings (SSSR count). The second kappa shape index (κ2) is 9.79. The molecule has 3 aliphatic rings. The topological polar surface area (TPSA) is 59.0 Å². The van der Waals surface area contributed by atoms with Gasteiger partial charge in [0.15, 0.2) is 11.5 Å². The van der Waals surface area contributed by atoms with Crippen molar-refractivity contribution in [1.82, 2.24) is 0 Å². The van der Waals surface area contributed by atoms with Crippen LogP contribution in [0.5, 0.6) is 11.5 Å². The molecule has 0 radical (unpaired) electrons. The maximum atomic E-state index is 13.7. The second-order valence-corrected chi connectivity index (χ2v) is 10.5. The fourth-order valence-corrected chi connectivity index (χ4v) is 5.43. The quantitative estimate of drug-likeness (QED) is 0.487. The lowest BCUT2D eigenvalue weighted by Gasteiger charge is -2.40. The molecule has 0 saturated heterocycles. The average Bonchev–Trinajstić information content (AvgIpc) is 3.05. The molecule has 5 nitrogen and oxygen atoms in total. The van der Waals surface area contributed by atoms with Crippen molar-refractivity contribution in [3.05, 3.63) is 88.0 Å². The van der Waals surface area contributed by atoms with Gasteiger partial charge in [0, 0.05) is 10.7 Å². The maximum absolute atomic E-state index is 13.7. The van der Waals surface area contributed by atoms with Crippen molar-refractivity contribution in [2.75, 3.05) is 12.0 Å². The molecule has 2 aromatic carbocycles. The van der Waals surface area contributed by atoms with Crippen molar-refractivity contribution >= 4 is 23.2 Å². The van der Waals surface area contributed by atoms with Gasteiger partial charge in [-0.3, -0.25) is 4.79 Å². The summed E-state index contributed by atoms with van der Waals surface area (Å²) in [5, 5.41) is 11.4. The number of amides is 1. The summed E-state index contributed by atoms with van der Waals surface area (Å²) in [5.41, 5.74) is 3.96. The number of hydrogen-bond acceptors (Lipinski definition) is 4. The molecule has 1 N–H and O–H groups in total. The molecule has 188 valence electrons. The number of rotatable bonds is 6. The Balaban J connectivity index is 1.63. The molecule has 0 bridgehead atoms. The van der Waals surface area contributed by atoms with E-state index in [-0.39, 0.29) is 24.5 Å². The number of ether oxygens (including phenoxy) is 2. The fraction of sp³-hybridized carbons (Fsp3) is 0.367. The highest BCUT2D eigenvalue weighted by Gasteiger charge is 2.39. The molecule has 1 atom stereocenters. The van der Waals surface area contributed by atoms with Crippen LogP contribution in [0.15, 0.2) is 71.3 Å². The summed E-state index contributed by atoms with van der Waals surface area (Å²) in [4.78, 5) is 15.6. The molecule has 1 saturated carbocycles. The van der Waals surface area contributed by atoms with Gasteiger partial charge in [-0.15, -0.1) is 0 Å². The summed E-state index contributed by atoms with van der Waals surface area (Å²) in [5.74, 6) is 1.29. The number of halogens is 1. The lowest BCUT2D eigenvalue weighted by molar-refractivity contribution is -0.118. The number of hydrogen-bond donors (Lipinski definition) is 1. The lowest BCUT2D eigenvalue weighted by atomic mass is 9.75. The van der Waals surface area contributed by atoms with Gasteiger partial charge < -0.3 is 19.5 Å². The van der Waals surface area contributed by atoms with Crippen molar-refractivity contribution in [3.63, 3.8) is 0 Å². The van der Waals surface area contributed by atoms with E-state index in [0.29, 0.717) is 23.0 Å². The smallest absolute Gasteiger partial charge is 0.232 e. The minimum Gasteiger partial charge on any atom is -0.493 e. The minimum absolute atomic E-state index is 0.00592. The Hall–Kier alpha value is -3.02. The van der Waals surface area contributed by atoms with Gasteiger partial charge >= 0.3 is 0 Å². The first-order valence-corrected chi connectivity index (χ1v) is 12.9. The first kappa shape index (κ1) is 24.7. The van der Waals surface area contributed by atoms with Gasteiger partial charge in [-0.2, -0.15) is 0 Å². The molecule has 0 aromatic heterocycles. The first-order valence-electron chi connectivity index (χ1n) is 12.5. The van der Waals surface area contributed by atoms with E-state index >= 15 is 0 Å². The number of benzene rings is 2. The standard InChI is InChI=1S/C30H32ClNO4/c1-19(2)36-27-18-25-21(16-26(27)35-3)17-28(33)32(29(25)20-6-4-7-23(31)11-8-20)24-12-9-22(10-13-24)30(34)14-5-15-30/h4,7-13,16,18-19,29,34H,5-6,14-15,17H2,1-3H3. The van der Waals surface area contributed by atoms with E-state index in [0.717, 1.165) is 47.2 Å². The van der Waals surface area contributed by atoms with Gasteiger partial charge in [0.2, 0.25) is 5.91 Å². The molecule has 1 unspecified atom stereocenters. The van der Waals surface area contributed by atoms with Gasteiger partial charge in [-0.05, 0) is 98.2 Å². The van der Waals surface area contributed by atoms with Crippen LogP contribution in [0.1, 0.15) is 62.3 Å². The number of fused-ring (bicyclic) bond motifs is 1. The van der Waals surface area contributed by atoms with E-state index in [1.807, 2.05) is 79.4 Å². The SMILES string of the molecule is COc1cc2c(cc1OC(C)C)C(C1=CC=C(Cl)C=CC1)N(c1ccc(C3(O)CCC3)cc1)C(=O)C2. The third kappa shape index (κ3) is 4.58. The van der Waals surface area contributed by atoms with Crippen LogP contribution >= 0.6 is 11.6 Å². The number of anilines is 1. The van der Waals surface area contributed by atoms with Crippen molar-refractivity contribution in [1.29, 1.82) is 0 Å². The summed E-state index contributed by atoms with van der Waals surface area (Å²) < 4.78 is 11.7. The molecule has 6 heteroatoms. The van der Waals surface area contributed by atoms with Crippen LogP contribution < -0.4 is 14.4 Å². The van der Waals surface area contributed by atoms with E-state index in [1.165, 1.54) is 0 Å². The van der Waals surface area contributed by atoms with Gasteiger partial charge in [-0.1, -0.05) is 35.9 Å². The Kier molecular flexibility index (Phi) is 6.71. The second-order valence-electron chi connectivity index (χ2n) is 10.0. The third-order valence-corrected chi connectivity index (χ3v) is 7.51. The number of aliphatic hydroxyl groups is 1. The Morgan fingerprint density at radius 3 is 2.50 bits per heavy atom. The molecule has 1 fully saturated rings. The zero-order valence-electron chi connectivity index (χ0n) is 21.0. The van der Waals surface area contributed by atoms with Gasteiger partial charge in [-0.25, -0.2) is 0 Å². The Labute approximate surface area is 217 Å². The number of carbonyl (C=O) groups is 1. The highest BCUT2D eigenvalue weighted by molar-refractivity contribution is 6.31. The van der Waals surface area contributed by atoms with E-state index < -0.39 is 5.60 Å². The van der Waals surface area contributed by atoms with Crippen molar-refractivity contribution in [3.8, 4) is 11.5 Å². The predicted octanol–water partition coefficient (Wildman–Crippen LogP) is 6.49. The molecule has 0 spiro atoms. The number of carbonyl (C=O) groups excluding carboxylic acids is 1. The van der Waals surface area contributed by atoms with Crippen molar-refractivity contribution in [2.45, 2.75) is 63.7 Å². The van der Waals surface area contributed by atoms with Crippen LogP contribution in [0.3, 0.4) is 0 Å².